The Morgan fingerprint density at radius 2 is 1.66 bits per heavy atom. The van der Waals surface area contributed by atoms with Gasteiger partial charge in [-0.2, -0.15) is 0 Å². The quantitative estimate of drug-likeness (QED) is 0.613. The Labute approximate surface area is 173 Å². The van der Waals surface area contributed by atoms with Crippen LogP contribution >= 0.6 is 11.6 Å². The third-order valence-electron chi connectivity index (χ3n) is 6.38. The summed E-state index contributed by atoms with van der Waals surface area (Å²) in [5.41, 5.74) is 1.98. The Hall–Kier alpha value is -2.92. The molecule has 1 saturated heterocycles. The van der Waals surface area contributed by atoms with Gasteiger partial charge in [-0.3, -0.25) is 14.4 Å². The third-order valence-corrected chi connectivity index (χ3v) is 6.79. The molecule has 3 amide bonds. The molecule has 2 fully saturated rings. The van der Waals surface area contributed by atoms with Gasteiger partial charge in [-0.15, -0.1) is 0 Å². The predicted molar refractivity (Wildman–Crippen MR) is 111 cm³/mol. The van der Waals surface area contributed by atoms with Crippen LogP contribution in [0.2, 0.25) is 5.02 Å². The molecule has 1 saturated carbocycles. The van der Waals surface area contributed by atoms with E-state index in [1.165, 1.54) is 4.90 Å². The Morgan fingerprint density at radius 1 is 1.00 bits per heavy atom. The summed E-state index contributed by atoms with van der Waals surface area (Å²) < 4.78 is 0. The van der Waals surface area contributed by atoms with Crippen LogP contribution in [0.4, 0.5) is 11.4 Å². The summed E-state index contributed by atoms with van der Waals surface area (Å²) in [6, 6.07) is 12.0. The first-order valence-electron chi connectivity index (χ1n) is 9.69. The van der Waals surface area contributed by atoms with Crippen LogP contribution in [0.1, 0.15) is 22.3 Å². The molecule has 5 nitrogen and oxygen atoms in total. The fourth-order valence-corrected chi connectivity index (χ4v) is 5.11. The number of amides is 3. The van der Waals surface area contributed by atoms with Crippen molar-refractivity contribution in [1.29, 1.82) is 0 Å². The number of para-hydroxylation sites is 1. The lowest BCUT2D eigenvalue weighted by atomic mass is 9.85. The van der Waals surface area contributed by atoms with Gasteiger partial charge in [0.25, 0.3) is 5.91 Å². The minimum Gasteiger partial charge on any atom is -0.322 e. The Morgan fingerprint density at radius 3 is 2.34 bits per heavy atom. The van der Waals surface area contributed by atoms with E-state index in [2.05, 4.69) is 17.5 Å². The summed E-state index contributed by atoms with van der Waals surface area (Å²) in [7, 11) is 0. The van der Waals surface area contributed by atoms with E-state index in [0.717, 1.165) is 12.0 Å². The number of allylic oxidation sites excluding steroid dienone is 2. The van der Waals surface area contributed by atoms with E-state index in [1.807, 2.05) is 6.92 Å². The zero-order valence-corrected chi connectivity index (χ0v) is 16.5. The number of nitrogens with zero attached hydrogens (tertiary/aromatic N) is 1. The zero-order chi connectivity index (χ0) is 20.3. The molecule has 0 radical (unpaired) electrons. The standard InChI is InChI=1S/C23H19ClN2O3/c1-12-16(24)6-4-7-17(12)25-21(27)15-5-2-3-8-18(15)26-22(28)19-13-9-10-14(11-13)20(19)23(26)29/h2-10,13-14,19-20H,11H2,1H3,(H,25,27)/t13-,14-,19+,20+/m1/s1. The summed E-state index contributed by atoms with van der Waals surface area (Å²) in [4.78, 5) is 40.5. The lowest BCUT2D eigenvalue weighted by Gasteiger charge is -2.20. The number of imide groups is 1. The molecule has 0 spiro atoms. The van der Waals surface area contributed by atoms with Gasteiger partial charge >= 0.3 is 0 Å². The normalized spacial score (nSPS) is 26.9. The summed E-state index contributed by atoms with van der Waals surface area (Å²) in [6.07, 6.45) is 4.99. The van der Waals surface area contributed by atoms with Gasteiger partial charge in [0.05, 0.1) is 23.1 Å². The van der Waals surface area contributed by atoms with Crippen molar-refractivity contribution < 1.29 is 14.4 Å². The van der Waals surface area contributed by atoms with E-state index in [9.17, 15) is 14.4 Å². The molecule has 2 aromatic rings. The number of nitrogens with one attached hydrogen (secondary N) is 1. The average molecular weight is 407 g/mol. The molecule has 5 rings (SSSR count). The van der Waals surface area contributed by atoms with Gasteiger partial charge < -0.3 is 5.32 Å². The molecular weight excluding hydrogens is 388 g/mol. The maximum absolute atomic E-state index is 13.1. The monoisotopic (exact) mass is 406 g/mol. The summed E-state index contributed by atoms with van der Waals surface area (Å²) in [5, 5.41) is 3.41. The smallest absolute Gasteiger partial charge is 0.257 e. The number of carbonyl (C=O) groups excluding carboxylic acids is 3. The lowest BCUT2D eigenvalue weighted by molar-refractivity contribution is -0.123. The molecule has 1 heterocycles. The number of rotatable bonds is 3. The van der Waals surface area contributed by atoms with Gasteiger partial charge in [0.15, 0.2) is 0 Å². The number of hydrogen-bond acceptors (Lipinski definition) is 3. The predicted octanol–water partition coefficient (Wildman–Crippen LogP) is 4.21. The van der Waals surface area contributed by atoms with Crippen LogP contribution in [0, 0.1) is 30.6 Å². The molecule has 1 N–H and O–H groups in total. The first-order valence-corrected chi connectivity index (χ1v) is 10.1. The fourth-order valence-electron chi connectivity index (χ4n) is 4.93. The Bertz CT molecular complexity index is 1060. The highest BCUT2D eigenvalue weighted by Gasteiger charge is 2.59. The minimum absolute atomic E-state index is 0.126. The molecule has 0 unspecified atom stereocenters. The first-order chi connectivity index (χ1) is 14.0. The highest BCUT2D eigenvalue weighted by Crippen LogP contribution is 2.53. The van der Waals surface area contributed by atoms with Gasteiger partial charge in [0.1, 0.15) is 0 Å². The minimum atomic E-state index is -0.385. The molecular formula is C23H19ClN2O3. The van der Waals surface area contributed by atoms with E-state index in [0.29, 0.717) is 16.4 Å². The van der Waals surface area contributed by atoms with E-state index in [1.54, 1.807) is 42.5 Å². The Kier molecular flexibility index (Phi) is 4.10. The topological polar surface area (TPSA) is 66.5 Å². The zero-order valence-electron chi connectivity index (χ0n) is 15.8. The molecule has 2 bridgehead atoms. The molecule has 6 heteroatoms. The second kappa shape index (κ2) is 6.56. The highest BCUT2D eigenvalue weighted by atomic mass is 35.5. The van der Waals surface area contributed by atoms with Crippen molar-refractivity contribution in [3.8, 4) is 0 Å². The summed E-state index contributed by atoms with van der Waals surface area (Å²) in [6.45, 7) is 1.82. The van der Waals surface area contributed by atoms with Crippen LogP contribution in [-0.4, -0.2) is 17.7 Å². The van der Waals surface area contributed by atoms with Crippen LogP contribution in [0.5, 0.6) is 0 Å². The van der Waals surface area contributed by atoms with Crippen LogP contribution in [0.15, 0.2) is 54.6 Å². The average Bonchev–Trinajstić information content (AvgIpc) is 3.39. The molecule has 1 aliphatic heterocycles. The van der Waals surface area contributed by atoms with Crippen molar-refractivity contribution in [3.63, 3.8) is 0 Å². The first kappa shape index (κ1) is 18.1. The number of fused-ring (bicyclic) bond motifs is 5. The Balaban J connectivity index is 1.49. The molecule has 3 aliphatic rings. The number of halogens is 1. The fraction of sp³-hybridized carbons (Fsp3) is 0.261. The number of benzene rings is 2. The molecule has 146 valence electrons. The summed E-state index contributed by atoms with van der Waals surface area (Å²) in [5.74, 6) is -1.13. The van der Waals surface area contributed by atoms with Crippen LogP contribution in [0.25, 0.3) is 0 Å². The van der Waals surface area contributed by atoms with Gasteiger partial charge in [0, 0.05) is 10.7 Å². The summed E-state index contributed by atoms with van der Waals surface area (Å²) >= 11 is 6.15. The maximum Gasteiger partial charge on any atom is 0.257 e. The van der Waals surface area contributed by atoms with E-state index in [4.69, 9.17) is 11.6 Å². The second-order valence-electron chi connectivity index (χ2n) is 7.90. The van der Waals surface area contributed by atoms with Crippen molar-refractivity contribution in [3.05, 3.63) is 70.8 Å². The van der Waals surface area contributed by atoms with Gasteiger partial charge in [-0.25, -0.2) is 4.90 Å². The van der Waals surface area contributed by atoms with E-state index >= 15 is 0 Å². The van der Waals surface area contributed by atoms with Crippen LogP contribution in [0.3, 0.4) is 0 Å². The lowest BCUT2D eigenvalue weighted by Crippen LogP contribution is -2.34. The maximum atomic E-state index is 13.1. The number of anilines is 2. The SMILES string of the molecule is Cc1c(Cl)cccc1NC(=O)c1ccccc1N1C(=O)[C@@H]2[C@@H](C1=O)[C@@H]1C=C[C@@H]2C1. The number of hydrogen-bond donors (Lipinski definition) is 1. The third kappa shape index (κ3) is 2.64. The van der Waals surface area contributed by atoms with Crippen molar-refractivity contribution in [2.24, 2.45) is 23.7 Å². The van der Waals surface area contributed by atoms with Crippen molar-refractivity contribution >= 4 is 40.7 Å². The van der Waals surface area contributed by atoms with E-state index < -0.39 is 0 Å². The van der Waals surface area contributed by atoms with Gasteiger partial charge in [-0.05, 0) is 55.0 Å². The molecule has 29 heavy (non-hydrogen) atoms. The van der Waals surface area contributed by atoms with Crippen LogP contribution in [-0.2, 0) is 9.59 Å². The molecule has 2 aliphatic carbocycles. The van der Waals surface area contributed by atoms with Gasteiger partial charge in [0.2, 0.25) is 11.8 Å². The van der Waals surface area contributed by atoms with Crippen molar-refractivity contribution in [1.82, 2.24) is 0 Å². The van der Waals surface area contributed by atoms with E-state index in [-0.39, 0.29) is 47.0 Å². The van der Waals surface area contributed by atoms with Crippen molar-refractivity contribution in [2.45, 2.75) is 13.3 Å². The molecule has 2 aromatic carbocycles. The second-order valence-corrected chi connectivity index (χ2v) is 8.30. The molecule has 0 aromatic heterocycles. The van der Waals surface area contributed by atoms with Crippen LogP contribution < -0.4 is 10.2 Å². The highest BCUT2D eigenvalue weighted by molar-refractivity contribution is 6.32. The van der Waals surface area contributed by atoms with Gasteiger partial charge in [-0.1, -0.05) is 42.0 Å². The molecule has 4 atom stereocenters. The number of carbonyl (C=O) groups is 3. The van der Waals surface area contributed by atoms with Crippen molar-refractivity contribution in [2.75, 3.05) is 10.2 Å². The largest absolute Gasteiger partial charge is 0.322 e.